The summed E-state index contributed by atoms with van der Waals surface area (Å²) >= 11 is 0. The number of nitrogens with one attached hydrogen (secondary N) is 3. The van der Waals surface area contributed by atoms with Gasteiger partial charge in [0.25, 0.3) is 5.91 Å². The van der Waals surface area contributed by atoms with Crippen LogP contribution in [0.2, 0.25) is 0 Å². The number of hydrogen-bond donors (Lipinski definition) is 3. The molecule has 5 atom stereocenters. The van der Waals surface area contributed by atoms with E-state index in [0.29, 0.717) is 18.3 Å². The molecular formula is C23H28N4O3. The number of aromatic amines is 1. The Morgan fingerprint density at radius 2 is 2.07 bits per heavy atom. The summed E-state index contributed by atoms with van der Waals surface area (Å²) in [5.41, 5.74) is 1.97. The molecule has 7 heteroatoms. The highest BCUT2D eigenvalue weighted by Gasteiger charge is 2.43. The first-order valence-electron chi connectivity index (χ1n) is 11.0. The number of urea groups is 1. The molecule has 2 aromatic rings. The van der Waals surface area contributed by atoms with Crippen molar-refractivity contribution in [2.75, 3.05) is 6.54 Å². The van der Waals surface area contributed by atoms with Gasteiger partial charge in [-0.25, -0.2) is 4.79 Å². The van der Waals surface area contributed by atoms with Crippen LogP contribution in [0.4, 0.5) is 4.79 Å². The Balaban J connectivity index is 1.19. The van der Waals surface area contributed by atoms with Crippen LogP contribution in [0.25, 0.3) is 10.9 Å². The third-order valence-corrected chi connectivity index (χ3v) is 7.33. The van der Waals surface area contributed by atoms with E-state index in [9.17, 15) is 14.4 Å². The van der Waals surface area contributed by atoms with E-state index in [0.717, 1.165) is 27.3 Å². The number of carbonyl (C=O) groups excluding carboxylic acids is 3. The lowest BCUT2D eigenvalue weighted by Crippen LogP contribution is -2.46. The Labute approximate surface area is 175 Å². The van der Waals surface area contributed by atoms with E-state index in [4.69, 9.17) is 0 Å². The van der Waals surface area contributed by atoms with Crippen LogP contribution in [0, 0.1) is 17.8 Å². The third-order valence-electron chi connectivity index (χ3n) is 7.33. The molecule has 3 fully saturated rings. The second-order valence-electron chi connectivity index (χ2n) is 9.18. The van der Waals surface area contributed by atoms with Crippen LogP contribution in [0.15, 0.2) is 30.5 Å². The Hall–Kier alpha value is -2.83. The maximum absolute atomic E-state index is 12.8. The molecule has 1 aliphatic heterocycles. The molecule has 1 aromatic carbocycles. The Kier molecular flexibility index (Phi) is 4.76. The van der Waals surface area contributed by atoms with E-state index in [1.54, 1.807) is 0 Å². The zero-order valence-electron chi connectivity index (χ0n) is 17.2. The number of benzene rings is 1. The molecule has 7 nitrogen and oxygen atoms in total. The first kappa shape index (κ1) is 19.2. The lowest BCUT2D eigenvalue weighted by atomic mass is 9.84. The Bertz CT molecular complexity index is 999. The molecule has 0 radical (unpaired) electrons. The van der Waals surface area contributed by atoms with Crippen LogP contribution < -0.4 is 10.6 Å². The summed E-state index contributed by atoms with van der Waals surface area (Å²) in [5.74, 6) is 1.44. The fourth-order valence-electron chi connectivity index (χ4n) is 5.84. The number of imide groups is 1. The van der Waals surface area contributed by atoms with E-state index in [-0.39, 0.29) is 24.4 Å². The van der Waals surface area contributed by atoms with Gasteiger partial charge in [-0.1, -0.05) is 24.6 Å². The molecule has 0 spiro atoms. The van der Waals surface area contributed by atoms with Crippen molar-refractivity contribution in [2.45, 2.75) is 51.1 Å². The first-order chi connectivity index (χ1) is 14.5. The molecule has 1 aromatic heterocycles. The smallest absolute Gasteiger partial charge is 0.325 e. The molecule has 0 unspecified atom stereocenters. The van der Waals surface area contributed by atoms with Gasteiger partial charge in [-0.15, -0.1) is 0 Å². The molecule has 2 heterocycles. The zero-order chi connectivity index (χ0) is 20.8. The fourth-order valence-corrected chi connectivity index (χ4v) is 5.84. The quantitative estimate of drug-likeness (QED) is 0.641. The molecule has 5 rings (SSSR count). The predicted molar refractivity (Wildman–Crippen MR) is 113 cm³/mol. The molecule has 3 N–H and O–H groups in total. The molecule has 2 saturated carbocycles. The third kappa shape index (κ3) is 3.36. The monoisotopic (exact) mass is 408 g/mol. The maximum atomic E-state index is 12.8. The highest BCUT2D eigenvalue weighted by atomic mass is 16.2. The molecule has 30 heavy (non-hydrogen) atoms. The zero-order valence-corrected chi connectivity index (χ0v) is 17.2. The van der Waals surface area contributed by atoms with Crippen LogP contribution >= 0.6 is 0 Å². The second kappa shape index (κ2) is 7.45. The summed E-state index contributed by atoms with van der Waals surface area (Å²) < 4.78 is 0. The molecule has 158 valence electrons. The fraction of sp³-hybridized carbons (Fsp3) is 0.522. The molecule has 2 bridgehead atoms. The van der Waals surface area contributed by atoms with Crippen LogP contribution in [-0.2, 0) is 16.0 Å². The van der Waals surface area contributed by atoms with E-state index in [1.807, 2.05) is 30.5 Å². The van der Waals surface area contributed by atoms with Crippen LogP contribution in [0.5, 0.6) is 0 Å². The van der Waals surface area contributed by atoms with Crippen LogP contribution in [-0.4, -0.2) is 46.4 Å². The van der Waals surface area contributed by atoms with Crippen molar-refractivity contribution in [1.29, 1.82) is 0 Å². The number of amides is 4. The Morgan fingerprint density at radius 1 is 1.23 bits per heavy atom. The van der Waals surface area contributed by atoms with Gasteiger partial charge < -0.3 is 15.6 Å². The van der Waals surface area contributed by atoms with E-state index in [1.165, 1.54) is 25.7 Å². The summed E-state index contributed by atoms with van der Waals surface area (Å²) in [6.07, 6.45) is 7.32. The van der Waals surface area contributed by atoms with Crippen molar-refractivity contribution in [3.05, 3.63) is 36.0 Å². The number of hydrogen-bond acceptors (Lipinski definition) is 3. The number of para-hydroxylation sites is 1. The van der Waals surface area contributed by atoms with Crippen molar-refractivity contribution in [3.8, 4) is 0 Å². The Morgan fingerprint density at radius 3 is 2.83 bits per heavy atom. The summed E-state index contributed by atoms with van der Waals surface area (Å²) in [5, 5.41) is 6.81. The molecule has 2 aliphatic carbocycles. The summed E-state index contributed by atoms with van der Waals surface area (Å²) in [7, 11) is 0. The summed E-state index contributed by atoms with van der Waals surface area (Å²) in [6.45, 7) is 1.83. The number of fused-ring (bicyclic) bond motifs is 3. The van der Waals surface area contributed by atoms with Crippen molar-refractivity contribution < 1.29 is 14.4 Å². The van der Waals surface area contributed by atoms with Crippen LogP contribution in [0.3, 0.4) is 0 Å². The second-order valence-corrected chi connectivity index (χ2v) is 9.18. The minimum atomic E-state index is -0.646. The van der Waals surface area contributed by atoms with Gasteiger partial charge in [0.1, 0.15) is 12.6 Å². The van der Waals surface area contributed by atoms with Gasteiger partial charge in [-0.3, -0.25) is 14.5 Å². The van der Waals surface area contributed by atoms with Gasteiger partial charge in [-0.05, 0) is 55.6 Å². The average Bonchev–Trinajstić information content (AvgIpc) is 3.50. The number of H-pyrrole nitrogens is 1. The largest absolute Gasteiger partial charge is 0.361 e. The highest BCUT2D eigenvalue weighted by molar-refractivity contribution is 6.06. The lowest BCUT2D eigenvalue weighted by Gasteiger charge is -2.29. The van der Waals surface area contributed by atoms with Gasteiger partial charge in [-0.2, -0.15) is 0 Å². The number of carbonyl (C=O) groups is 3. The van der Waals surface area contributed by atoms with Crippen LogP contribution in [0.1, 0.15) is 38.2 Å². The minimum absolute atomic E-state index is 0.0792. The predicted octanol–water partition coefficient (Wildman–Crippen LogP) is 2.57. The van der Waals surface area contributed by atoms with Crippen molar-refractivity contribution in [1.82, 2.24) is 20.5 Å². The SMILES string of the molecule is C[C@H](NC(=O)CN1C(=O)N[C@H](Cc2c[nH]c3ccccc23)C1=O)[C@@H]1C[C@H]2CC[C@H]1C2. The van der Waals surface area contributed by atoms with Gasteiger partial charge in [0.15, 0.2) is 0 Å². The van der Waals surface area contributed by atoms with E-state index >= 15 is 0 Å². The highest BCUT2D eigenvalue weighted by Crippen LogP contribution is 2.49. The number of rotatable bonds is 6. The standard InChI is InChI=1S/C23H28N4O3/c1-13(18-9-14-6-7-15(18)8-14)25-21(28)12-27-22(29)20(26-23(27)30)10-16-11-24-19-5-3-2-4-17(16)19/h2-5,11,13-15,18,20,24H,6-10,12H2,1H3,(H,25,28)(H,26,30)/t13-,14-,15-,18-,20+/m0/s1. The van der Waals surface area contributed by atoms with Gasteiger partial charge in [0, 0.05) is 29.6 Å². The normalized spacial score (nSPS) is 28.9. The summed E-state index contributed by atoms with van der Waals surface area (Å²) in [6, 6.07) is 6.80. The average molecular weight is 409 g/mol. The topological polar surface area (TPSA) is 94.3 Å². The lowest BCUT2D eigenvalue weighted by molar-refractivity contribution is -0.132. The maximum Gasteiger partial charge on any atom is 0.325 e. The van der Waals surface area contributed by atoms with E-state index in [2.05, 4.69) is 22.5 Å². The van der Waals surface area contributed by atoms with Gasteiger partial charge >= 0.3 is 6.03 Å². The number of aromatic nitrogens is 1. The number of nitrogens with zero attached hydrogens (tertiary/aromatic N) is 1. The molecular weight excluding hydrogens is 380 g/mol. The van der Waals surface area contributed by atoms with Gasteiger partial charge in [0.2, 0.25) is 5.91 Å². The van der Waals surface area contributed by atoms with E-state index < -0.39 is 12.1 Å². The molecule has 3 aliphatic rings. The minimum Gasteiger partial charge on any atom is -0.361 e. The van der Waals surface area contributed by atoms with Crippen molar-refractivity contribution in [2.24, 2.45) is 17.8 Å². The van der Waals surface area contributed by atoms with Gasteiger partial charge in [0.05, 0.1) is 0 Å². The first-order valence-corrected chi connectivity index (χ1v) is 11.0. The molecule has 1 saturated heterocycles. The summed E-state index contributed by atoms with van der Waals surface area (Å²) in [4.78, 5) is 42.0. The van der Waals surface area contributed by atoms with Crippen molar-refractivity contribution in [3.63, 3.8) is 0 Å². The van der Waals surface area contributed by atoms with Crippen molar-refractivity contribution >= 4 is 28.7 Å². The molecule has 4 amide bonds.